The molecule has 0 unspecified atom stereocenters. The van der Waals surface area contributed by atoms with Crippen LogP contribution < -0.4 is 0 Å². The summed E-state index contributed by atoms with van der Waals surface area (Å²) in [7, 11) is 0. The molecule has 22 heavy (non-hydrogen) atoms. The van der Waals surface area contributed by atoms with Crippen LogP contribution in [0.3, 0.4) is 0 Å². The van der Waals surface area contributed by atoms with E-state index >= 15 is 0 Å². The number of hydrogen-bond donors (Lipinski definition) is 0. The van der Waals surface area contributed by atoms with Crippen molar-refractivity contribution in [3.63, 3.8) is 0 Å². The molecule has 0 aromatic heterocycles. The van der Waals surface area contributed by atoms with Crippen molar-refractivity contribution < 1.29 is 0 Å². The van der Waals surface area contributed by atoms with Gasteiger partial charge in [-0.25, -0.2) is 0 Å². The van der Waals surface area contributed by atoms with Gasteiger partial charge >= 0.3 is 0 Å². The van der Waals surface area contributed by atoms with Gasteiger partial charge in [0, 0.05) is 19.6 Å². The molecule has 0 radical (unpaired) electrons. The largest absolute Gasteiger partial charge is 0.0827 e. The van der Waals surface area contributed by atoms with Gasteiger partial charge in [0.2, 0.25) is 0 Å². The van der Waals surface area contributed by atoms with Gasteiger partial charge in [-0.05, 0) is 24.3 Å². The summed E-state index contributed by atoms with van der Waals surface area (Å²) in [6.45, 7) is 0. The van der Waals surface area contributed by atoms with Gasteiger partial charge in [0.15, 0.2) is 0 Å². The number of rotatable bonds is 0. The molecule has 2 aromatic rings. The van der Waals surface area contributed by atoms with Crippen LogP contribution in [0.2, 0.25) is 20.1 Å². The Balaban J connectivity index is 1.68. The summed E-state index contributed by atoms with van der Waals surface area (Å²) in [4.78, 5) is 4.59. The zero-order chi connectivity index (χ0) is 15.4. The fraction of sp³-hybridized carbons (Fsp3) is 0. The Kier molecular flexibility index (Phi) is 4.59. The lowest BCUT2D eigenvalue weighted by Crippen LogP contribution is -1.72. The fourth-order valence-corrected chi connectivity index (χ4v) is 8.25. The Labute approximate surface area is 164 Å². The molecule has 4 rings (SSSR count). The molecule has 0 aliphatic carbocycles. The Morgan fingerprint density at radius 2 is 0.682 bits per heavy atom. The monoisotopic (exact) mass is 440 g/mol. The Morgan fingerprint density at radius 3 is 0.909 bits per heavy atom. The Morgan fingerprint density at radius 1 is 0.455 bits per heavy atom. The molecule has 0 nitrogen and oxygen atoms in total. The molecule has 8 heteroatoms. The summed E-state index contributed by atoms with van der Waals surface area (Å²) >= 11 is 31.3. The Hall–Kier alpha value is 0.740. The van der Waals surface area contributed by atoms with Crippen molar-refractivity contribution in [1.82, 2.24) is 0 Å². The van der Waals surface area contributed by atoms with E-state index in [1.54, 1.807) is 47.0 Å². The molecule has 0 amide bonds. The fourth-order valence-electron chi connectivity index (χ4n) is 1.95. The van der Waals surface area contributed by atoms with E-state index in [2.05, 4.69) is 0 Å². The SMILES string of the molecule is Clc1cc2c(cc1Cl)SC(=C1Sc3cc(Cl)c(Cl)cc3S1)S2. The minimum atomic E-state index is 0.591. The number of thioether (sulfide) groups is 4. The van der Waals surface area contributed by atoms with Crippen LogP contribution in [-0.4, -0.2) is 0 Å². The molecule has 0 fully saturated rings. The van der Waals surface area contributed by atoms with Crippen LogP contribution in [-0.2, 0) is 0 Å². The highest BCUT2D eigenvalue weighted by atomic mass is 35.5. The molecular weight excluding hydrogens is 438 g/mol. The second-order valence-electron chi connectivity index (χ2n) is 4.41. The van der Waals surface area contributed by atoms with E-state index in [1.807, 2.05) is 24.3 Å². The molecule has 0 saturated carbocycles. The predicted molar refractivity (Wildman–Crippen MR) is 103 cm³/mol. The molecule has 0 spiro atoms. The van der Waals surface area contributed by atoms with Crippen LogP contribution in [0.1, 0.15) is 0 Å². The highest BCUT2D eigenvalue weighted by Gasteiger charge is 2.28. The summed E-state index contributed by atoms with van der Waals surface area (Å²) in [6.07, 6.45) is 0. The molecule has 0 N–H and O–H groups in total. The first-order chi connectivity index (χ1) is 10.5. The van der Waals surface area contributed by atoms with Crippen LogP contribution in [0.25, 0.3) is 0 Å². The maximum Gasteiger partial charge on any atom is 0.0706 e. The first-order valence-electron chi connectivity index (χ1n) is 5.95. The molecule has 2 heterocycles. The molecule has 2 aromatic carbocycles. The van der Waals surface area contributed by atoms with Crippen molar-refractivity contribution in [2.45, 2.75) is 19.6 Å². The topological polar surface area (TPSA) is 0 Å². The maximum absolute atomic E-state index is 6.10. The summed E-state index contributed by atoms with van der Waals surface area (Å²) in [5.74, 6) is 0. The summed E-state index contributed by atoms with van der Waals surface area (Å²) in [6, 6.07) is 7.70. The van der Waals surface area contributed by atoms with Crippen LogP contribution in [0.5, 0.6) is 0 Å². The van der Waals surface area contributed by atoms with Gasteiger partial charge in [0.05, 0.1) is 28.6 Å². The lowest BCUT2D eigenvalue weighted by Gasteiger charge is -1.98. The molecular formula is C14H4Cl4S4. The van der Waals surface area contributed by atoms with Gasteiger partial charge in [0.1, 0.15) is 0 Å². The van der Waals surface area contributed by atoms with E-state index in [4.69, 9.17) is 46.4 Å². The average molecular weight is 442 g/mol. The highest BCUT2D eigenvalue weighted by molar-refractivity contribution is 8.30. The lowest BCUT2D eigenvalue weighted by molar-refractivity contribution is 1.27. The van der Waals surface area contributed by atoms with E-state index in [0.29, 0.717) is 20.1 Å². The van der Waals surface area contributed by atoms with Gasteiger partial charge in [-0.1, -0.05) is 93.5 Å². The molecule has 0 atom stereocenters. The smallest absolute Gasteiger partial charge is 0.0706 e. The van der Waals surface area contributed by atoms with Gasteiger partial charge in [-0.3, -0.25) is 0 Å². The highest BCUT2D eigenvalue weighted by Crippen LogP contribution is 2.62. The van der Waals surface area contributed by atoms with Crippen molar-refractivity contribution in [1.29, 1.82) is 0 Å². The van der Waals surface area contributed by atoms with Crippen LogP contribution in [0, 0.1) is 0 Å². The second kappa shape index (κ2) is 6.23. The van der Waals surface area contributed by atoms with E-state index in [0.717, 1.165) is 19.6 Å². The molecule has 2 aliphatic rings. The van der Waals surface area contributed by atoms with Gasteiger partial charge in [-0.15, -0.1) is 0 Å². The number of halogens is 4. The second-order valence-corrected chi connectivity index (χ2v) is 10.8. The van der Waals surface area contributed by atoms with Crippen molar-refractivity contribution in [2.24, 2.45) is 0 Å². The standard InChI is InChI=1S/C14H4Cl4S4/c15-5-1-9-10(2-6(5)16)20-13(19-9)14-21-11-3-7(17)8(18)4-12(11)22-14/h1-4H. The van der Waals surface area contributed by atoms with E-state index in [-0.39, 0.29) is 0 Å². The van der Waals surface area contributed by atoms with Crippen molar-refractivity contribution in [3.8, 4) is 0 Å². The quantitative estimate of drug-likeness (QED) is 0.401. The lowest BCUT2D eigenvalue weighted by atomic mass is 10.4. The molecule has 0 bridgehead atoms. The van der Waals surface area contributed by atoms with Crippen LogP contribution >= 0.6 is 93.5 Å². The van der Waals surface area contributed by atoms with Crippen LogP contribution in [0.4, 0.5) is 0 Å². The number of benzene rings is 2. The molecule has 0 saturated heterocycles. The van der Waals surface area contributed by atoms with E-state index < -0.39 is 0 Å². The first-order valence-corrected chi connectivity index (χ1v) is 10.7. The third-order valence-corrected chi connectivity index (χ3v) is 9.96. The van der Waals surface area contributed by atoms with Gasteiger partial charge < -0.3 is 0 Å². The zero-order valence-electron chi connectivity index (χ0n) is 10.5. The summed E-state index contributed by atoms with van der Waals surface area (Å²) in [5, 5.41) is 2.36. The third-order valence-electron chi connectivity index (χ3n) is 2.95. The van der Waals surface area contributed by atoms with Gasteiger partial charge in [0.25, 0.3) is 0 Å². The zero-order valence-corrected chi connectivity index (χ0v) is 16.7. The predicted octanol–water partition coefficient (Wildman–Crippen LogP) is 8.52. The normalized spacial score (nSPS) is 16.2. The van der Waals surface area contributed by atoms with Crippen molar-refractivity contribution in [2.75, 3.05) is 0 Å². The first kappa shape index (κ1) is 16.2. The molecule has 2 aliphatic heterocycles. The summed E-state index contributed by atoms with van der Waals surface area (Å²) in [5.41, 5.74) is 0. The number of hydrogen-bond acceptors (Lipinski definition) is 4. The van der Waals surface area contributed by atoms with Crippen molar-refractivity contribution >= 4 is 93.5 Å². The minimum Gasteiger partial charge on any atom is -0.0827 e. The summed E-state index contributed by atoms with van der Waals surface area (Å²) < 4.78 is 2.48. The number of fused-ring (bicyclic) bond motifs is 2. The molecule has 112 valence electrons. The minimum absolute atomic E-state index is 0.591. The van der Waals surface area contributed by atoms with Crippen LogP contribution in [0.15, 0.2) is 52.3 Å². The van der Waals surface area contributed by atoms with E-state index in [1.165, 1.54) is 8.47 Å². The maximum atomic E-state index is 6.10. The Bertz CT molecular complexity index is 712. The van der Waals surface area contributed by atoms with Crippen molar-refractivity contribution in [3.05, 3.63) is 52.8 Å². The third kappa shape index (κ3) is 2.91. The average Bonchev–Trinajstić information content (AvgIpc) is 3.03. The van der Waals surface area contributed by atoms with E-state index in [9.17, 15) is 0 Å². The van der Waals surface area contributed by atoms with Gasteiger partial charge in [-0.2, -0.15) is 0 Å².